The molecule has 0 atom stereocenters. The van der Waals surface area contributed by atoms with E-state index >= 15 is 0 Å². The lowest BCUT2D eigenvalue weighted by molar-refractivity contribution is 0.0478. The molecule has 0 saturated carbocycles. The second kappa shape index (κ2) is 6.18. The number of hydrogen-bond acceptors (Lipinski definition) is 5. The van der Waals surface area contributed by atoms with Crippen molar-refractivity contribution in [1.29, 1.82) is 0 Å². The van der Waals surface area contributed by atoms with Gasteiger partial charge in [-0.1, -0.05) is 12.1 Å². The predicted octanol–water partition coefficient (Wildman–Crippen LogP) is 3.49. The maximum absolute atomic E-state index is 12.3. The van der Waals surface area contributed by atoms with E-state index in [0.29, 0.717) is 4.88 Å². The minimum absolute atomic E-state index is 0.240. The highest BCUT2D eigenvalue weighted by Gasteiger charge is 2.16. The predicted molar refractivity (Wildman–Crippen MR) is 96.0 cm³/mol. The first-order valence-corrected chi connectivity index (χ1v) is 8.63. The van der Waals surface area contributed by atoms with Crippen molar-refractivity contribution in [2.24, 2.45) is 7.05 Å². The van der Waals surface area contributed by atoms with Crippen LogP contribution < -0.4 is 0 Å². The molecular weight excluding hydrogens is 336 g/mol. The van der Waals surface area contributed by atoms with E-state index in [1.54, 1.807) is 15.6 Å². The van der Waals surface area contributed by atoms with E-state index in [1.165, 1.54) is 11.3 Å². The molecule has 0 N–H and O–H groups in total. The summed E-state index contributed by atoms with van der Waals surface area (Å²) >= 11 is 1.40. The molecule has 3 heterocycles. The number of hydrogen-bond donors (Lipinski definition) is 0. The van der Waals surface area contributed by atoms with Gasteiger partial charge in [-0.2, -0.15) is 10.2 Å². The summed E-state index contributed by atoms with van der Waals surface area (Å²) in [5, 5.41) is 9.53. The van der Waals surface area contributed by atoms with E-state index in [4.69, 9.17) is 4.74 Å². The molecule has 0 bridgehead atoms. The molecule has 0 saturated heterocycles. The van der Waals surface area contributed by atoms with Crippen LogP contribution in [0.5, 0.6) is 0 Å². The Morgan fingerprint density at radius 2 is 2.08 bits per heavy atom. The standard InChI is InChI=1S/C18H16N4O2S/c1-12-15-10-16(25-17(15)21(2)20-12)18(23)24-11-13-4-6-14(7-5-13)22-9-3-8-19-22/h3-10H,11H2,1-2H3. The Kier molecular flexibility index (Phi) is 3.85. The van der Waals surface area contributed by atoms with Crippen molar-refractivity contribution in [2.45, 2.75) is 13.5 Å². The summed E-state index contributed by atoms with van der Waals surface area (Å²) in [6.07, 6.45) is 3.62. The van der Waals surface area contributed by atoms with Crippen molar-refractivity contribution in [2.75, 3.05) is 0 Å². The number of carbonyl (C=O) groups is 1. The highest BCUT2D eigenvalue weighted by atomic mass is 32.1. The number of ether oxygens (including phenoxy) is 1. The van der Waals surface area contributed by atoms with Gasteiger partial charge in [0.05, 0.1) is 11.4 Å². The van der Waals surface area contributed by atoms with Crippen molar-refractivity contribution >= 4 is 27.5 Å². The first kappa shape index (κ1) is 15.6. The number of aromatic nitrogens is 4. The van der Waals surface area contributed by atoms with Crippen molar-refractivity contribution in [1.82, 2.24) is 19.6 Å². The van der Waals surface area contributed by atoms with Crippen molar-refractivity contribution < 1.29 is 9.53 Å². The van der Waals surface area contributed by atoms with Crippen LogP contribution in [0.4, 0.5) is 0 Å². The fourth-order valence-corrected chi connectivity index (χ4v) is 3.71. The Labute approximate surface area is 148 Å². The largest absolute Gasteiger partial charge is 0.457 e. The molecule has 0 aliphatic heterocycles. The van der Waals surface area contributed by atoms with Gasteiger partial charge >= 0.3 is 5.97 Å². The first-order valence-electron chi connectivity index (χ1n) is 7.81. The number of carbonyl (C=O) groups excluding carboxylic acids is 1. The van der Waals surface area contributed by atoms with Gasteiger partial charge in [0, 0.05) is 24.8 Å². The quantitative estimate of drug-likeness (QED) is 0.528. The Balaban J connectivity index is 1.45. The van der Waals surface area contributed by atoms with Crippen LogP contribution in [0.2, 0.25) is 0 Å². The van der Waals surface area contributed by atoms with Crippen molar-refractivity contribution in [3.63, 3.8) is 0 Å². The average molecular weight is 352 g/mol. The number of nitrogens with zero attached hydrogens (tertiary/aromatic N) is 4. The van der Waals surface area contributed by atoms with Gasteiger partial charge in [0.15, 0.2) is 0 Å². The van der Waals surface area contributed by atoms with Crippen molar-refractivity contribution in [3.8, 4) is 5.69 Å². The van der Waals surface area contributed by atoms with Crippen LogP contribution >= 0.6 is 11.3 Å². The van der Waals surface area contributed by atoms with Crippen LogP contribution in [-0.2, 0) is 18.4 Å². The highest BCUT2D eigenvalue weighted by Crippen LogP contribution is 2.28. The van der Waals surface area contributed by atoms with E-state index in [0.717, 1.165) is 27.2 Å². The SMILES string of the molecule is Cc1nn(C)c2sc(C(=O)OCc3ccc(-n4cccn4)cc3)cc12. The normalized spacial score (nSPS) is 11.1. The van der Waals surface area contributed by atoms with Gasteiger partial charge in [-0.05, 0) is 36.8 Å². The minimum atomic E-state index is -0.309. The van der Waals surface area contributed by atoms with E-state index < -0.39 is 0 Å². The van der Waals surface area contributed by atoms with Crippen LogP contribution in [-0.4, -0.2) is 25.5 Å². The molecule has 6 nitrogen and oxygen atoms in total. The molecule has 4 aromatic rings. The van der Waals surface area contributed by atoms with E-state index in [1.807, 2.05) is 56.6 Å². The highest BCUT2D eigenvalue weighted by molar-refractivity contribution is 7.20. The topological polar surface area (TPSA) is 61.9 Å². The Hall–Kier alpha value is -2.93. The summed E-state index contributed by atoms with van der Waals surface area (Å²) < 4.78 is 9.02. The van der Waals surface area contributed by atoms with Crippen LogP contribution in [0.3, 0.4) is 0 Å². The van der Waals surface area contributed by atoms with Gasteiger partial charge < -0.3 is 4.74 Å². The number of rotatable bonds is 4. The first-order chi connectivity index (χ1) is 12.1. The summed E-state index contributed by atoms with van der Waals surface area (Å²) in [7, 11) is 1.88. The number of aryl methyl sites for hydroxylation is 2. The Morgan fingerprint density at radius 1 is 1.28 bits per heavy atom. The summed E-state index contributed by atoms with van der Waals surface area (Å²) in [6.45, 7) is 2.18. The van der Waals surface area contributed by atoms with Crippen LogP contribution in [0.1, 0.15) is 20.9 Å². The Morgan fingerprint density at radius 3 is 2.76 bits per heavy atom. The second-order valence-electron chi connectivity index (χ2n) is 5.73. The zero-order chi connectivity index (χ0) is 17.4. The van der Waals surface area contributed by atoms with E-state index in [2.05, 4.69) is 10.2 Å². The fourth-order valence-electron chi connectivity index (χ4n) is 2.69. The summed E-state index contributed by atoms with van der Waals surface area (Å²) in [5.74, 6) is -0.309. The summed E-state index contributed by atoms with van der Waals surface area (Å²) in [6, 6.07) is 11.5. The van der Waals surface area contributed by atoms with E-state index in [9.17, 15) is 4.79 Å². The van der Waals surface area contributed by atoms with Gasteiger partial charge in [0.2, 0.25) is 0 Å². The molecule has 0 unspecified atom stereocenters. The van der Waals surface area contributed by atoms with Gasteiger partial charge in [-0.3, -0.25) is 4.68 Å². The third-order valence-electron chi connectivity index (χ3n) is 3.97. The third kappa shape index (κ3) is 2.94. The number of benzene rings is 1. The number of thiophene rings is 1. The molecule has 0 aliphatic carbocycles. The van der Waals surface area contributed by atoms with Gasteiger partial charge in [-0.25, -0.2) is 9.48 Å². The lowest BCUT2D eigenvalue weighted by Gasteiger charge is -2.05. The third-order valence-corrected chi connectivity index (χ3v) is 5.15. The molecule has 1 aromatic carbocycles. The van der Waals surface area contributed by atoms with Crippen LogP contribution in [0, 0.1) is 6.92 Å². The summed E-state index contributed by atoms with van der Waals surface area (Å²) in [5.41, 5.74) is 2.82. The average Bonchev–Trinajstić information content (AvgIpc) is 3.33. The zero-order valence-corrected chi connectivity index (χ0v) is 14.7. The maximum Gasteiger partial charge on any atom is 0.348 e. The molecule has 25 heavy (non-hydrogen) atoms. The minimum Gasteiger partial charge on any atom is -0.457 e. The Bertz CT molecular complexity index is 995. The lowest BCUT2D eigenvalue weighted by Crippen LogP contribution is -2.03. The molecule has 0 amide bonds. The maximum atomic E-state index is 12.3. The van der Waals surface area contributed by atoms with Gasteiger partial charge in [0.1, 0.15) is 16.3 Å². The van der Waals surface area contributed by atoms with Crippen LogP contribution in [0.15, 0.2) is 48.8 Å². The number of esters is 1. The molecule has 0 spiro atoms. The zero-order valence-electron chi connectivity index (χ0n) is 13.8. The molecule has 126 valence electrons. The van der Waals surface area contributed by atoms with Crippen molar-refractivity contribution in [3.05, 3.63) is 64.9 Å². The van der Waals surface area contributed by atoms with Crippen LogP contribution in [0.25, 0.3) is 15.9 Å². The monoisotopic (exact) mass is 352 g/mol. The molecule has 4 rings (SSSR count). The van der Waals surface area contributed by atoms with E-state index in [-0.39, 0.29) is 12.6 Å². The molecule has 0 aliphatic rings. The second-order valence-corrected chi connectivity index (χ2v) is 6.76. The molecule has 0 radical (unpaired) electrons. The smallest absolute Gasteiger partial charge is 0.348 e. The number of fused-ring (bicyclic) bond motifs is 1. The molecule has 3 aromatic heterocycles. The fraction of sp³-hybridized carbons (Fsp3) is 0.167. The molecule has 0 fully saturated rings. The summed E-state index contributed by atoms with van der Waals surface area (Å²) in [4.78, 5) is 13.9. The van der Waals surface area contributed by atoms with Gasteiger partial charge in [-0.15, -0.1) is 11.3 Å². The molecule has 7 heteroatoms. The lowest BCUT2D eigenvalue weighted by atomic mass is 10.2. The molecular formula is C18H16N4O2S. The van der Waals surface area contributed by atoms with Gasteiger partial charge in [0.25, 0.3) is 0 Å².